The third-order valence-electron chi connectivity index (χ3n) is 9.08. The number of fused-ring (bicyclic) bond motifs is 1. The smallest absolute Gasteiger partial charge is 0.317 e. The number of likely N-dealkylation sites (N-methyl/N-ethyl adjacent to an activating group) is 1. The second-order valence-corrected chi connectivity index (χ2v) is 13.0. The molecule has 4 rings (SSSR count). The predicted molar refractivity (Wildman–Crippen MR) is 179 cm³/mol. The van der Waals surface area contributed by atoms with Crippen LogP contribution in [-0.4, -0.2) is 90.4 Å². The number of nitrogens with zero attached hydrogens (tertiary/aromatic N) is 2. The first kappa shape index (κ1) is 35.2. The van der Waals surface area contributed by atoms with Gasteiger partial charge < -0.3 is 35.0 Å². The summed E-state index contributed by atoms with van der Waals surface area (Å²) >= 11 is 0. The molecule has 0 bridgehead atoms. The van der Waals surface area contributed by atoms with Crippen LogP contribution in [-0.2, 0) is 4.74 Å². The van der Waals surface area contributed by atoms with Crippen LogP contribution in [0.1, 0.15) is 92.9 Å². The van der Waals surface area contributed by atoms with Crippen molar-refractivity contribution in [1.29, 1.82) is 0 Å². The van der Waals surface area contributed by atoms with Crippen LogP contribution in [0, 0.1) is 5.92 Å². The number of amides is 4. The zero-order chi connectivity index (χ0) is 33.1. The number of ether oxygens (including phenoxy) is 2. The predicted octanol–water partition coefficient (Wildman–Crippen LogP) is 5.71. The average Bonchev–Trinajstić information content (AvgIpc) is 3.06. The summed E-state index contributed by atoms with van der Waals surface area (Å²) in [5, 5.41) is 16.3. The molecule has 1 fully saturated rings. The van der Waals surface area contributed by atoms with E-state index in [1.54, 1.807) is 66.2 Å². The van der Waals surface area contributed by atoms with Crippen molar-refractivity contribution in [2.75, 3.05) is 38.7 Å². The van der Waals surface area contributed by atoms with Gasteiger partial charge in [0.25, 0.3) is 11.8 Å². The highest BCUT2D eigenvalue weighted by Gasteiger charge is 2.31. The van der Waals surface area contributed by atoms with E-state index >= 15 is 0 Å². The summed E-state index contributed by atoms with van der Waals surface area (Å²) < 4.78 is 12.7. The van der Waals surface area contributed by atoms with Gasteiger partial charge in [-0.15, -0.1) is 0 Å². The zero-order valence-electron chi connectivity index (χ0n) is 27.9. The third kappa shape index (κ3) is 9.93. The van der Waals surface area contributed by atoms with Crippen molar-refractivity contribution in [1.82, 2.24) is 15.1 Å². The van der Waals surface area contributed by atoms with E-state index in [2.05, 4.69) is 10.6 Å². The van der Waals surface area contributed by atoms with Crippen molar-refractivity contribution < 1.29 is 29.0 Å². The van der Waals surface area contributed by atoms with Crippen LogP contribution in [0.15, 0.2) is 48.5 Å². The Kier molecular flexibility index (Phi) is 13.3. The molecule has 0 unspecified atom stereocenters. The van der Waals surface area contributed by atoms with Gasteiger partial charge in [-0.1, -0.05) is 44.4 Å². The van der Waals surface area contributed by atoms with Crippen LogP contribution in [0.2, 0.25) is 0 Å². The van der Waals surface area contributed by atoms with E-state index in [1.165, 1.54) is 6.42 Å². The lowest BCUT2D eigenvalue weighted by Gasteiger charge is -2.36. The first-order chi connectivity index (χ1) is 22.2. The van der Waals surface area contributed by atoms with Gasteiger partial charge in [-0.25, -0.2) is 4.79 Å². The Morgan fingerprint density at radius 3 is 2.46 bits per heavy atom. The van der Waals surface area contributed by atoms with Crippen LogP contribution < -0.4 is 15.4 Å². The summed E-state index contributed by atoms with van der Waals surface area (Å²) in [5.41, 5.74) is 1.28. The summed E-state index contributed by atoms with van der Waals surface area (Å²) in [7, 11) is 1.79. The highest BCUT2D eigenvalue weighted by atomic mass is 16.5. The largest absolute Gasteiger partial charge is 0.490 e. The number of rotatable bonds is 7. The van der Waals surface area contributed by atoms with Gasteiger partial charge in [0.2, 0.25) is 0 Å². The fourth-order valence-electron chi connectivity index (χ4n) is 6.14. The fraction of sp³-hybridized carbons (Fsp3) is 0.583. The van der Waals surface area contributed by atoms with Crippen LogP contribution in [0.4, 0.5) is 10.5 Å². The van der Waals surface area contributed by atoms with Crippen molar-refractivity contribution in [2.24, 2.45) is 5.92 Å². The molecule has 4 amide bonds. The van der Waals surface area contributed by atoms with Gasteiger partial charge >= 0.3 is 6.03 Å². The molecule has 0 saturated heterocycles. The molecule has 1 heterocycles. The molecule has 0 radical (unpaired) electrons. The van der Waals surface area contributed by atoms with Crippen LogP contribution in [0.3, 0.4) is 0 Å². The number of aliphatic hydroxyl groups is 1. The monoisotopic (exact) mass is 636 g/mol. The molecule has 1 aliphatic heterocycles. The number of carbonyl (C=O) groups excluding carboxylic acids is 3. The molecular weight excluding hydrogens is 584 g/mol. The van der Waals surface area contributed by atoms with Gasteiger partial charge in [0, 0.05) is 50.0 Å². The summed E-state index contributed by atoms with van der Waals surface area (Å²) in [5.74, 6) is -0.323. The number of hydrogen-bond donors (Lipinski definition) is 3. The Morgan fingerprint density at radius 2 is 1.74 bits per heavy atom. The van der Waals surface area contributed by atoms with Crippen molar-refractivity contribution >= 4 is 23.5 Å². The summed E-state index contributed by atoms with van der Waals surface area (Å²) in [6.07, 6.45) is 7.50. The van der Waals surface area contributed by atoms with Crippen LogP contribution >= 0.6 is 0 Å². The number of aliphatic hydroxyl groups excluding tert-OH is 1. The quantitative estimate of drug-likeness (QED) is 0.358. The molecule has 2 aliphatic rings. The van der Waals surface area contributed by atoms with Gasteiger partial charge in [0.05, 0.1) is 30.4 Å². The molecular formula is C36H52N4O6. The number of nitrogens with one attached hydrogen (secondary N) is 2. The third-order valence-corrected chi connectivity index (χ3v) is 9.08. The molecule has 2 aromatic carbocycles. The molecule has 4 atom stereocenters. The topological polar surface area (TPSA) is 120 Å². The lowest BCUT2D eigenvalue weighted by Crippen LogP contribution is -2.50. The maximum atomic E-state index is 14.3. The lowest BCUT2D eigenvalue weighted by molar-refractivity contribution is -0.0123. The molecule has 0 spiro atoms. The van der Waals surface area contributed by atoms with E-state index in [4.69, 9.17) is 9.47 Å². The SMILES string of the molecule is C[C@H]1CCCCO[C@@H](CN(C)C(=O)NC2CCCCC2)[C@@H](C)CN([C@@H](C)CO)C(=O)c2cc(NC(=O)c3ccccc3)ccc2O1. The molecule has 2 aromatic rings. The van der Waals surface area contributed by atoms with Crippen molar-refractivity contribution in [2.45, 2.75) is 96.4 Å². The number of urea groups is 1. The fourth-order valence-corrected chi connectivity index (χ4v) is 6.14. The van der Waals surface area contributed by atoms with Gasteiger partial charge in [-0.05, 0) is 76.3 Å². The Morgan fingerprint density at radius 1 is 1.02 bits per heavy atom. The maximum Gasteiger partial charge on any atom is 0.317 e. The first-order valence-corrected chi connectivity index (χ1v) is 16.9. The van der Waals surface area contributed by atoms with Crippen molar-refractivity contribution in [3.05, 3.63) is 59.7 Å². The number of hydrogen-bond acceptors (Lipinski definition) is 6. The number of carbonyl (C=O) groups is 3. The van der Waals surface area contributed by atoms with Crippen LogP contribution in [0.5, 0.6) is 5.75 Å². The van der Waals surface area contributed by atoms with E-state index in [9.17, 15) is 19.5 Å². The molecule has 10 nitrogen and oxygen atoms in total. The number of anilines is 1. The maximum absolute atomic E-state index is 14.3. The summed E-state index contributed by atoms with van der Waals surface area (Å²) in [6, 6.07) is 13.6. The van der Waals surface area contributed by atoms with Crippen molar-refractivity contribution in [3.8, 4) is 5.75 Å². The van der Waals surface area contributed by atoms with Gasteiger partial charge in [0.1, 0.15) is 5.75 Å². The molecule has 0 aromatic heterocycles. The second-order valence-electron chi connectivity index (χ2n) is 13.0. The highest BCUT2D eigenvalue weighted by molar-refractivity contribution is 6.05. The minimum Gasteiger partial charge on any atom is -0.490 e. The van der Waals surface area contributed by atoms with E-state index in [1.807, 2.05) is 19.9 Å². The minimum atomic E-state index is -0.497. The summed E-state index contributed by atoms with van der Waals surface area (Å²) in [6.45, 7) is 6.77. The molecule has 1 saturated carbocycles. The lowest BCUT2D eigenvalue weighted by atomic mass is 9.96. The van der Waals surface area contributed by atoms with Gasteiger partial charge in [-0.2, -0.15) is 0 Å². The molecule has 3 N–H and O–H groups in total. The molecule has 252 valence electrons. The summed E-state index contributed by atoms with van der Waals surface area (Å²) in [4.78, 5) is 43.7. The zero-order valence-corrected chi connectivity index (χ0v) is 27.9. The number of benzene rings is 2. The highest BCUT2D eigenvalue weighted by Crippen LogP contribution is 2.29. The first-order valence-electron chi connectivity index (χ1n) is 16.9. The standard InChI is InChI=1S/C36H52N4O6/c1-25-22-40(26(2)24-41)35(43)31-21-30(37-34(42)28-14-7-5-8-15-28)18-19-32(31)46-27(3)13-11-12-20-45-33(25)23-39(4)36(44)38-29-16-9-6-10-17-29/h5,7-8,14-15,18-19,21,25-27,29,33,41H,6,9-13,16-17,20,22-24H2,1-4H3,(H,37,42)(H,38,44)/t25-,26-,27-,33-/m0/s1. The Hall–Kier alpha value is -3.63. The normalized spacial score (nSPS) is 22.5. The van der Waals surface area contributed by atoms with E-state index in [-0.39, 0.29) is 48.6 Å². The Labute approximate surface area is 273 Å². The Bertz CT molecular complexity index is 1280. The van der Waals surface area contributed by atoms with E-state index < -0.39 is 6.04 Å². The van der Waals surface area contributed by atoms with E-state index in [0.29, 0.717) is 42.3 Å². The van der Waals surface area contributed by atoms with Crippen LogP contribution in [0.25, 0.3) is 0 Å². The van der Waals surface area contributed by atoms with E-state index in [0.717, 1.165) is 44.9 Å². The minimum absolute atomic E-state index is 0.108. The average molecular weight is 637 g/mol. The van der Waals surface area contributed by atoms with Gasteiger partial charge in [0.15, 0.2) is 0 Å². The molecule has 46 heavy (non-hydrogen) atoms. The molecule has 10 heteroatoms. The molecule has 1 aliphatic carbocycles. The van der Waals surface area contributed by atoms with Crippen molar-refractivity contribution in [3.63, 3.8) is 0 Å². The van der Waals surface area contributed by atoms with Gasteiger partial charge in [-0.3, -0.25) is 9.59 Å². The Balaban J connectivity index is 1.58. The second kappa shape index (κ2) is 17.3.